The van der Waals surface area contributed by atoms with E-state index >= 15 is 0 Å². The first-order chi connectivity index (χ1) is 6.75. The second-order valence-corrected chi connectivity index (χ2v) is 4.54. The predicted octanol–water partition coefficient (Wildman–Crippen LogP) is 0.429. The highest BCUT2D eigenvalue weighted by Crippen LogP contribution is 2.26. The van der Waals surface area contributed by atoms with Gasteiger partial charge in [0.05, 0.1) is 6.61 Å². The fourth-order valence-electron chi connectivity index (χ4n) is 1.59. The van der Waals surface area contributed by atoms with Gasteiger partial charge < -0.3 is 15.2 Å². The number of rotatable bonds is 6. The summed E-state index contributed by atoms with van der Waals surface area (Å²) in [4.78, 5) is 11.0. The first-order valence-corrected chi connectivity index (χ1v) is 5.94. The summed E-state index contributed by atoms with van der Waals surface area (Å²) in [7, 11) is 1.61. The number of carboxylic acid groups (broad SMARTS) is 1. The Labute approximate surface area is 88.4 Å². The minimum atomic E-state index is -0.742. The van der Waals surface area contributed by atoms with Crippen molar-refractivity contribution in [1.82, 2.24) is 5.32 Å². The molecular weight excluding hydrogens is 202 g/mol. The van der Waals surface area contributed by atoms with Crippen LogP contribution in [0, 0.1) is 5.92 Å². The molecule has 0 aromatic heterocycles. The average molecular weight is 219 g/mol. The van der Waals surface area contributed by atoms with Crippen LogP contribution in [0.5, 0.6) is 0 Å². The Kier molecular flexibility index (Phi) is 5.29. The normalized spacial score (nSPS) is 23.6. The number of nitrogens with one attached hydrogen (secondary N) is 1. The monoisotopic (exact) mass is 219 g/mol. The van der Waals surface area contributed by atoms with Crippen molar-refractivity contribution < 1.29 is 14.6 Å². The SMILES string of the molecule is COCCNC(C(=O)O)C1CCSC1. The van der Waals surface area contributed by atoms with E-state index in [2.05, 4.69) is 5.32 Å². The largest absolute Gasteiger partial charge is 0.480 e. The third-order valence-electron chi connectivity index (χ3n) is 2.37. The van der Waals surface area contributed by atoms with E-state index in [1.807, 2.05) is 11.8 Å². The van der Waals surface area contributed by atoms with Gasteiger partial charge in [-0.1, -0.05) is 0 Å². The lowest BCUT2D eigenvalue weighted by Crippen LogP contribution is -2.44. The third-order valence-corrected chi connectivity index (χ3v) is 3.56. The van der Waals surface area contributed by atoms with Gasteiger partial charge in [-0.25, -0.2) is 0 Å². The predicted molar refractivity (Wildman–Crippen MR) is 56.7 cm³/mol. The van der Waals surface area contributed by atoms with Crippen molar-refractivity contribution in [1.29, 1.82) is 0 Å². The van der Waals surface area contributed by atoms with Crippen molar-refractivity contribution in [3.8, 4) is 0 Å². The molecule has 2 atom stereocenters. The third kappa shape index (κ3) is 3.48. The van der Waals surface area contributed by atoms with Crippen molar-refractivity contribution >= 4 is 17.7 Å². The molecule has 2 N–H and O–H groups in total. The number of methoxy groups -OCH3 is 1. The summed E-state index contributed by atoms with van der Waals surface area (Å²) >= 11 is 1.83. The minimum Gasteiger partial charge on any atom is -0.480 e. The van der Waals surface area contributed by atoms with Crippen LogP contribution in [0.2, 0.25) is 0 Å². The van der Waals surface area contributed by atoms with E-state index in [1.54, 1.807) is 7.11 Å². The van der Waals surface area contributed by atoms with E-state index in [-0.39, 0.29) is 5.92 Å². The molecule has 0 saturated carbocycles. The van der Waals surface area contributed by atoms with Gasteiger partial charge in [0.25, 0.3) is 0 Å². The molecule has 5 heteroatoms. The van der Waals surface area contributed by atoms with Crippen molar-refractivity contribution in [3.05, 3.63) is 0 Å². The molecule has 14 heavy (non-hydrogen) atoms. The minimum absolute atomic E-state index is 0.273. The molecule has 1 saturated heterocycles. The maximum atomic E-state index is 11.0. The van der Waals surface area contributed by atoms with Crippen LogP contribution in [0.15, 0.2) is 0 Å². The first kappa shape index (κ1) is 11.8. The summed E-state index contributed by atoms with van der Waals surface area (Å²) in [5, 5.41) is 12.0. The number of thioether (sulfide) groups is 1. The maximum Gasteiger partial charge on any atom is 0.321 e. The zero-order valence-electron chi connectivity index (χ0n) is 8.36. The van der Waals surface area contributed by atoms with Gasteiger partial charge in [0.1, 0.15) is 6.04 Å². The molecule has 1 rings (SSSR count). The second kappa shape index (κ2) is 6.27. The standard InChI is InChI=1S/C9H17NO3S/c1-13-4-3-10-8(9(11)12)7-2-5-14-6-7/h7-8,10H,2-6H2,1H3,(H,11,12). The molecule has 0 bridgehead atoms. The lowest BCUT2D eigenvalue weighted by molar-refractivity contribution is -0.140. The molecule has 1 heterocycles. The molecule has 1 fully saturated rings. The van der Waals surface area contributed by atoms with Crippen molar-refractivity contribution in [2.75, 3.05) is 31.8 Å². The zero-order chi connectivity index (χ0) is 10.4. The first-order valence-electron chi connectivity index (χ1n) is 4.78. The lowest BCUT2D eigenvalue weighted by Gasteiger charge is -2.19. The molecular formula is C9H17NO3S. The topological polar surface area (TPSA) is 58.6 Å². The molecule has 1 aliphatic heterocycles. The van der Waals surface area contributed by atoms with E-state index in [0.717, 1.165) is 17.9 Å². The Morgan fingerprint density at radius 3 is 3.07 bits per heavy atom. The number of hydrogen-bond acceptors (Lipinski definition) is 4. The zero-order valence-corrected chi connectivity index (χ0v) is 9.18. The molecule has 0 radical (unpaired) electrons. The van der Waals surface area contributed by atoms with Crippen LogP contribution in [0.3, 0.4) is 0 Å². The van der Waals surface area contributed by atoms with Gasteiger partial charge in [0.2, 0.25) is 0 Å². The van der Waals surface area contributed by atoms with Gasteiger partial charge in [0.15, 0.2) is 0 Å². The molecule has 4 nitrogen and oxygen atoms in total. The van der Waals surface area contributed by atoms with Crippen molar-refractivity contribution in [2.24, 2.45) is 5.92 Å². The highest BCUT2D eigenvalue weighted by atomic mass is 32.2. The Morgan fingerprint density at radius 2 is 2.57 bits per heavy atom. The van der Waals surface area contributed by atoms with Crippen LogP contribution in [0.4, 0.5) is 0 Å². The fraction of sp³-hybridized carbons (Fsp3) is 0.889. The summed E-state index contributed by atoms with van der Waals surface area (Å²) in [6.07, 6.45) is 1.00. The summed E-state index contributed by atoms with van der Waals surface area (Å²) in [6.45, 7) is 1.16. The van der Waals surface area contributed by atoms with Gasteiger partial charge >= 0.3 is 5.97 Å². The van der Waals surface area contributed by atoms with E-state index in [0.29, 0.717) is 13.2 Å². The molecule has 2 unspecified atom stereocenters. The smallest absolute Gasteiger partial charge is 0.321 e. The van der Waals surface area contributed by atoms with Gasteiger partial charge in [-0.05, 0) is 23.8 Å². The Morgan fingerprint density at radius 1 is 1.79 bits per heavy atom. The number of hydrogen-bond donors (Lipinski definition) is 2. The number of carbonyl (C=O) groups is 1. The maximum absolute atomic E-state index is 11.0. The quantitative estimate of drug-likeness (QED) is 0.634. The Hall–Kier alpha value is -0.260. The molecule has 82 valence electrons. The van der Waals surface area contributed by atoms with E-state index < -0.39 is 12.0 Å². The average Bonchev–Trinajstić information content (AvgIpc) is 2.64. The second-order valence-electron chi connectivity index (χ2n) is 3.39. The van der Waals surface area contributed by atoms with Gasteiger partial charge in [0, 0.05) is 13.7 Å². The summed E-state index contributed by atoms with van der Waals surface area (Å²) in [5.74, 6) is 1.57. The summed E-state index contributed by atoms with van der Waals surface area (Å²) < 4.78 is 4.87. The van der Waals surface area contributed by atoms with E-state index in [1.165, 1.54) is 0 Å². The van der Waals surface area contributed by atoms with Crippen LogP contribution in [0.25, 0.3) is 0 Å². The van der Waals surface area contributed by atoms with Crippen LogP contribution in [-0.4, -0.2) is 48.9 Å². The number of aliphatic carboxylic acids is 1. The van der Waals surface area contributed by atoms with Crippen LogP contribution in [0.1, 0.15) is 6.42 Å². The van der Waals surface area contributed by atoms with E-state index in [9.17, 15) is 4.79 Å². The molecule has 0 amide bonds. The van der Waals surface area contributed by atoms with E-state index in [4.69, 9.17) is 9.84 Å². The fourth-order valence-corrected chi connectivity index (χ4v) is 2.89. The molecule has 1 aliphatic rings. The van der Waals surface area contributed by atoms with Gasteiger partial charge in [-0.15, -0.1) is 0 Å². The number of carboxylic acids is 1. The van der Waals surface area contributed by atoms with Crippen molar-refractivity contribution in [3.63, 3.8) is 0 Å². The van der Waals surface area contributed by atoms with Crippen molar-refractivity contribution in [2.45, 2.75) is 12.5 Å². The van der Waals surface area contributed by atoms with Crippen LogP contribution >= 0.6 is 11.8 Å². The van der Waals surface area contributed by atoms with Crippen LogP contribution < -0.4 is 5.32 Å². The van der Waals surface area contributed by atoms with Gasteiger partial charge in [-0.3, -0.25) is 4.79 Å². The summed E-state index contributed by atoms with van der Waals surface area (Å²) in [5.41, 5.74) is 0. The number of ether oxygens (including phenoxy) is 1. The Bertz CT molecular complexity index is 183. The lowest BCUT2D eigenvalue weighted by atomic mass is 9.99. The molecule has 0 spiro atoms. The highest BCUT2D eigenvalue weighted by Gasteiger charge is 2.30. The molecule has 0 aliphatic carbocycles. The molecule has 0 aromatic rings. The van der Waals surface area contributed by atoms with Crippen LogP contribution in [-0.2, 0) is 9.53 Å². The molecule has 0 aromatic carbocycles. The van der Waals surface area contributed by atoms with Gasteiger partial charge in [-0.2, -0.15) is 11.8 Å². The summed E-state index contributed by atoms with van der Waals surface area (Å²) in [6, 6.07) is -0.403. The Balaban J connectivity index is 2.34. The highest BCUT2D eigenvalue weighted by molar-refractivity contribution is 7.99.